The third-order valence-corrected chi connectivity index (χ3v) is 12.6. The standard InChI is InChI=1S/C37H45N5O7Si/c1-23-34(50(4,5)47)33(17-18-41-21-31(39-40-41)29(22-43)26-9-7-6-8-10-26)49-37(23)30-19-28(48-3)15-16-32(30)42(36(37)46)20-25-11-13-27(14-12-25)38-35(45)24(2)44/h6-16,19,21,23-24,29,33-34,43-44,47H,17-18,20,22H2,1-5H3,(H,38,45)/t23-,24+,29?,33+,34-,37+/m1/s1. The van der Waals surface area contributed by atoms with Gasteiger partial charge in [-0.25, -0.2) is 0 Å². The topological polar surface area (TPSA) is 159 Å². The Morgan fingerprint density at radius 2 is 1.84 bits per heavy atom. The van der Waals surface area contributed by atoms with Gasteiger partial charge in [0.05, 0.1) is 43.7 Å². The highest BCUT2D eigenvalue weighted by Gasteiger charge is 2.66. The van der Waals surface area contributed by atoms with Crippen LogP contribution in [0.25, 0.3) is 0 Å². The fraction of sp³-hybridized carbons (Fsp3) is 0.405. The van der Waals surface area contributed by atoms with Gasteiger partial charge in [-0.15, -0.1) is 5.10 Å². The number of aliphatic hydroxyl groups is 2. The summed E-state index contributed by atoms with van der Waals surface area (Å²) in [5.74, 6) is -0.777. The highest BCUT2D eigenvalue weighted by Crippen LogP contribution is 2.60. The number of aryl methyl sites for hydroxylation is 1. The lowest BCUT2D eigenvalue weighted by Crippen LogP contribution is -2.46. The Kier molecular flexibility index (Phi) is 9.97. The van der Waals surface area contributed by atoms with Crippen LogP contribution in [0.1, 0.15) is 48.6 Å². The van der Waals surface area contributed by atoms with Gasteiger partial charge in [-0.3, -0.25) is 14.3 Å². The molecule has 0 saturated carbocycles. The lowest BCUT2D eigenvalue weighted by molar-refractivity contribution is -0.146. The van der Waals surface area contributed by atoms with Crippen molar-refractivity contribution in [1.29, 1.82) is 0 Å². The lowest BCUT2D eigenvalue weighted by atomic mass is 9.82. The van der Waals surface area contributed by atoms with Crippen molar-refractivity contribution in [3.8, 4) is 5.75 Å². The number of rotatable bonds is 12. The van der Waals surface area contributed by atoms with Crippen molar-refractivity contribution >= 4 is 31.5 Å². The molecule has 0 bridgehead atoms. The molecular weight excluding hydrogens is 655 g/mol. The summed E-state index contributed by atoms with van der Waals surface area (Å²) in [5, 5.41) is 31.1. The minimum Gasteiger partial charge on any atom is -0.497 e. The van der Waals surface area contributed by atoms with Gasteiger partial charge in [0, 0.05) is 35.5 Å². The summed E-state index contributed by atoms with van der Waals surface area (Å²) in [6, 6.07) is 22.4. The van der Waals surface area contributed by atoms with E-state index in [1.54, 1.807) is 28.8 Å². The minimum atomic E-state index is -2.90. The van der Waals surface area contributed by atoms with Crippen molar-refractivity contribution in [2.45, 2.75) is 75.7 Å². The molecule has 2 aliphatic rings. The molecule has 12 nitrogen and oxygen atoms in total. The van der Waals surface area contributed by atoms with Crippen LogP contribution in [-0.4, -0.2) is 76.1 Å². The van der Waals surface area contributed by atoms with Crippen LogP contribution in [0.3, 0.4) is 0 Å². The molecule has 4 aromatic rings. The summed E-state index contributed by atoms with van der Waals surface area (Å²) in [6.45, 7) is 7.78. The van der Waals surface area contributed by atoms with Crippen LogP contribution in [0.15, 0.2) is 79.0 Å². The number of anilines is 2. The Balaban J connectivity index is 1.28. The Bertz CT molecular complexity index is 1830. The summed E-state index contributed by atoms with van der Waals surface area (Å²) in [6.07, 6.45) is 0.730. The maximum Gasteiger partial charge on any atom is 0.264 e. The van der Waals surface area contributed by atoms with E-state index >= 15 is 0 Å². The Hall–Kier alpha value is -4.40. The summed E-state index contributed by atoms with van der Waals surface area (Å²) in [5.41, 5.74) is 2.77. The van der Waals surface area contributed by atoms with Crippen LogP contribution in [0.2, 0.25) is 18.6 Å². The van der Waals surface area contributed by atoms with E-state index < -0.39 is 32.0 Å². The van der Waals surface area contributed by atoms with Gasteiger partial charge in [-0.2, -0.15) is 0 Å². The molecule has 1 unspecified atom stereocenters. The zero-order valence-electron chi connectivity index (χ0n) is 29.0. The molecule has 0 radical (unpaired) electrons. The van der Waals surface area contributed by atoms with Gasteiger partial charge >= 0.3 is 0 Å². The molecule has 13 heteroatoms. The fourth-order valence-corrected chi connectivity index (χ4v) is 10.2. The van der Waals surface area contributed by atoms with Crippen molar-refractivity contribution in [3.05, 3.63) is 101 Å². The number of fused-ring (bicyclic) bond motifs is 2. The van der Waals surface area contributed by atoms with Crippen molar-refractivity contribution in [2.24, 2.45) is 5.92 Å². The van der Waals surface area contributed by atoms with Crippen LogP contribution < -0.4 is 15.0 Å². The number of methoxy groups -OCH3 is 1. The summed E-state index contributed by atoms with van der Waals surface area (Å²) in [4.78, 5) is 40.2. The zero-order chi connectivity index (χ0) is 35.8. The van der Waals surface area contributed by atoms with E-state index in [9.17, 15) is 24.6 Å². The molecule has 6 atom stereocenters. The maximum atomic E-state index is 14.8. The molecule has 3 aromatic carbocycles. The predicted octanol–water partition coefficient (Wildman–Crippen LogP) is 4.17. The van der Waals surface area contributed by atoms with Gasteiger partial charge in [0.2, 0.25) is 0 Å². The summed E-state index contributed by atoms with van der Waals surface area (Å²) in [7, 11) is -1.32. The van der Waals surface area contributed by atoms with Gasteiger partial charge in [-0.05, 0) is 67.9 Å². The van der Waals surface area contributed by atoms with Gasteiger partial charge < -0.3 is 34.7 Å². The SMILES string of the molecule is COc1ccc2c(c1)[C@]1(O[C@@H](CCn3cc(C(CO)c4ccccc4)nn3)[C@H]([Si](C)(C)O)[C@H]1C)C(=O)N2Cc1ccc(NC(=O)[C@H](C)O)cc1. The average Bonchev–Trinajstić information content (AvgIpc) is 3.75. The first kappa shape index (κ1) is 35.4. The molecule has 6 rings (SSSR count). The minimum absolute atomic E-state index is 0.105. The van der Waals surface area contributed by atoms with Crippen LogP contribution in [0.4, 0.5) is 11.4 Å². The largest absolute Gasteiger partial charge is 0.497 e. The van der Waals surface area contributed by atoms with E-state index in [0.717, 1.165) is 11.1 Å². The number of amides is 2. The first-order valence-electron chi connectivity index (χ1n) is 16.9. The molecule has 1 fully saturated rings. The van der Waals surface area contributed by atoms with E-state index in [1.165, 1.54) is 6.92 Å². The van der Waals surface area contributed by atoms with Crippen molar-refractivity contribution in [1.82, 2.24) is 15.0 Å². The van der Waals surface area contributed by atoms with Gasteiger partial charge in [0.25, 0.3) is 11.8 Å². The highest BCUT2D eigenvalue weighted by atomic mass is 28.4. The Labute approximate surface area is 292 Å². The second kappa shape index (κ2) is 14.1. The molecule has 1 saturated heterocycles. The van der Waals surface area contributed by atoms with E-state index in [2.05, 4.69) is 15.6 Å². The molecule has 1 spiro atoms. The molecule has 2 aliphatic heterocycles. The van der Waals surface area contributed by atoms with Crippen molar-refractivity contribution in [2.75, 3.05) is 23.9 Å². The summed E-state index contributed by atoms with van der Waals surface area (Å²) < 4.78 is 14.3. The zero-order valence-corrected chi connectivity index (χ0v) is 30.0. The maximum absolute atomic E-state index is 14.8. The number of carbonyl (C=O) groups is 2. The number of benzene rings is 3. The average molecular weight is 700 g/mol. The Morgan fingerprint density at radius 1 is 1.12 bits per heavy atom. The number of nitrogens with one attached hydrogen (secondary N) is 1. The quantitative estimate of drug-likeness (QED) is 0.159. The molecule has 1 aromatic heterocycles. The molecule has 2 amide bonds. The Morgan fingerprint density at radius 3 is 2.48 bits per heavy atom. The number of nitrogens with zero attached hydrogens (tertiary/aromatic N) is 4. The van der Waals surface area contributed by atoms with E-state index in [4.69, 9.17) is 9.47 Å². The van der Waals surface area contributed by atoms with Crippen LogP contribution in [-0.2, 0) is 33.0 Å². The second-order valence-corrected chi connectivity index (χ2v) is 17.8. The van der Waals surface area contributed by atoms with Crippen LogP contribution >= 0.6 is 0 Å². The van der Waals surface area contributed by atoms with Crippen molar-refractivity contribution in [3.63, 3.8) is 0 Å². The second-order valence-electron chi connectivity index (χ2n) is 13.8. The van der Waals surface area contributed by atoms with Crippen LogP contribution in [0.5, 0.6) is 5.75 Å². The van der Waals surface area contributed by atoms with Gasteiger partial charge in [0.1, 0.15) is 11.9 Å². The van der Waals surface area contributed by atoms with E-state index in [-0.39, 0.29) is 36.4 Å². The monoisotopic (exact) mass is 699 g/mol. The van der Waals surface area contributed by atoms with Gasteiger partial charge in [-0.1, -0.05) is 54.6 Å². The van der Waals surface area contributed by atoms with Gasteiger partial charge in [0.15, 0.2) is 13.9 Å². The summed E-state index contributed by atoms with van der Waals surface area (Å²) >= 11 is 0. The number of aromatic nitrogens is 3. The lowest BCUT2D eigenvalue weighted by Gasteiger charge is -2.32. The van der Waals surface area contributed by atoms with E-state index in [1.807, 2.05) is 86.9 Å². The molecule has 50 heavy (non-hydrogen) atoms. The number of hydrogen-bond acceptors (Lipinski definition) is 9. The normalized spacial score (nSPS) is 22.8. The number of aliphatic hydroxyl groups excluding tert-OH is 2. The number of hydrogen-bond donors (Lipinski definition) is 4. The molecular formula is C37H45N5O7Si. The smallest absolute Gasteiger partial charge is 0.264 e. The van der Waals surface area contributed by atoms with Crippen LogP contribution in [0, 0.1) is 5.92 Å². The molecule has 264 valence electrons. The number of carbonyl (C=O) groups excluding carboxylic acids is 2. The van der Waals surface area contributed by atoms with Crippen molar-refractivity contribution < 1.29 is 34.1 Å². The number of ether oxygens (including phenoxy) is 2. The fourth-order valence-electron chi connectivity index (χ4n) is 7.63. The van der Waals surface area contributed by atoms with E-state index in [0.29, 0.717) is 41.3 Å². The third-order valence-electron chi connectivity index (χ3n) is 10.1. The predicted molar refractivity (Wildman–Crippen MR) is 190 cm³/mol. The highest BCUT2D eigenvalue weighted by molar-refractivity contribution is 6.71. The molecule has 3 heterocycles. The third kappa shape index (κ3) is 6.59. The first-order valence-corrected chi connectivity index (χ1v) is 19.9. The molecule has 0 aliphatic carbocycles. The molecule has 4 N–H and O–H groups in total. The first-order chi connectivity index (χ1) is 23.9.